The molecular formula is C26H36O4. The molecule has 2 unspecified atom stereocenters. The quantitative estimate of drug-likeness (QED) is 0.528. The van der Waals surface area contributed by atoms with Gasteiger partial charge in [-0.25, -0.2) is 0 Å². The zero-order valence-corrected chi connectivity index (χ0v) is 16.9. The molecule has 4 nitrogen and oxygen atoms in total. The molecular weight excluding hydrogens is 376 g/mol. The van der Waals surface area contributed by atoms with E-state index in [4.69, 9.17) is 28.4 Å². The molecule has 4 heteroatoms. The van der Waals surface area contributed by atoms with E-state index in [1.165, 1.54) is 5.56 Å². The summed E-state index contributed by atoms with van der Waals surface area (Å²) in [7, 11) is 0. The average molecular weight is 430 g/mol. The van der Waals surface area contributed by atoms with Crippen molar-refractivity contribution in [1.29, 1.82) is 0 Å². The predicted octanol–water partition coefficient (Wildman–Crippen LogP) is 6.15. The summed E-state index contributed by atoms with van der Waals surface area (Å²) in [4.78, 5) is 22.4. The molecule has 2 aromatic carbocycles. The summed E-state index contributed by atoms with van der Waals surface area (Å²) < 4.78 is 131. The molecule has 164 valence electrons. The lowest BCUT2D eigenvalue weighted by molar-refractivity contribution is -0.139. The van der Waals surface area contributed by atoms with E-state index < -0.39 is 91.9 Å². The minimum absolute atomic E-state index is 0.418. The van der Waals surface area contributed by atoms with Gasteiger partial charge in [-0.1, -0.05) is 76.0 Å². The summed E-state index contributed by atoms with van der Waals surface area (Å²) in [5.41, 5.74) is -0.823. The van der Waals surface area contributed by atoms with Crippen molar-refractivity contribution >= 4 is 11.9 Å². The lowest BCUT2D eigenvalue weighted by Crippen LogP contribution is -2.07. The minimum Gasteiger partial charge on any atom is -0.481 e. The third-order valence-electron chi connectivity index (χ3n) is 3.83. The monoisotopic (exact) mass is 429 g/mol. The van der Waals surface area contributed by atoms with E-state index in [-0.39, 0.29) is 0 Å². The van der Waals surface area contributed by atoms with E-state index in [0.29, 0.717) is 5.92 Å². The van der Waals surface area contributed by atoms with Crippen LogP contribution in [0.25, 0.3) is 0 Å². The summed E-state index contributed by atoms with van der Waals surface area (Å²) >= 11 is 0. The highest BCUT2D eigenvalue weighted by Gasteiger charge is 2.13. The van der Waals surface area contributed by atoms with Crippen molar-refractivity contribution in [3.63, 3.8) is 0 Å². The number of hydrogen-bond acceptors (Lipinski definition) is 2. The molecule has 0 heterocycles. The van der Waals surface area contributed by atoms with Gasteiger partial charge in [0.25, 0.3) is 0 Å². The van der Waals surface area contributed by atoms with Gasteiger partial charge in [0, 0.05) is 17.8 Å². The first-order valence-electron chi connectivity index (χ1n) is 17.5. The molecule has 2 N–H and O–H groups in total. The average Bonchev–Trinajstić information content (AvgIpc) is 2.89. The van der Waals surface area contributed by atoms with Crippen molar-refractivity contribution in [2.45, 2.75) is 65.9 Å². The van der Waals surface area contributed by atoms with Crippen LogP contribution < -0.4 is 0 Å². The molecule has 0 aromatic heterocycles. The largest absolute Gasteiger partial charge is 0.481 e. The maximum Gasteiger partial charge on any atom is 0.310 e. The number of hydrogen-bond donors (Lipinski definition) is 2. The first kappa shape index (κ1) is 9.67. The fourth-order valence-corrected chi connectivity index (χ4v) is 2.29. The Morgan fingerprint density at radius 2 is 1.53 bits per heavy atom. The highest BCUT2D eigenvalue weighted by molar-refractivity contribution is 5.75. The lowest BCUT2D eigenvalue weighted by Gasteiger charge is -2.09. The smallest absolute Gasteiger partial charge is 0.310 e. The molecule has 2 atom stereocenters. The minimum atomic E-state index is -4.01. The Morgan fingerprint density at radius 1 is 0.933 bits per heavy atom. The van der Waals surface area contributed by atoms with E-state index >= 15 is 0 Å². The molecule has 0 fully saturated rings. The van der Waals surface area contributed by atoms with Crippen LogP contribution in [0.3, 0.4) is 0 Å². The zero-order chi connectivity index (χ0) is 37.5. The summed E-state index contributed by atoms with van der Waals surface area (Å²) in [5.74, 6) is -10.7. The Labute approximate surface area is 204 Å². The van der Waals surface area contributed by atoms with Crippen molar-refractivity contribution in [3.05, 3.63) is 70.7 Å². The van der Waals surface area contributed by atoms with Gasteiger partial charge in [0.1, 0.15) is 0 Å². The summed E-state index contributed by atoms with van der Waals surface area (Å²) in [6, 6.07) is 1.83. The Kier molecular flexibility index (Phi) is 3.92. The van der Waals surface area contributed by atoms with Gasteiger partial charge in [-0.15, -0.1) is 0 Å². The van der Waals surface area contributed by atoms with Crippen LogP contribution in [0.4, 0.5) is 0 Å². The molecule has 0 saturated carbocycles. The maximum absolute atomic E-state index is 11.6. The highest BCUT2D eigenvalue weighted by atomic mass is 16.4. The van der Waals surface area contributed by atoms with Crippen LogP contribution in [-0.2, 0) is 22.4 Å². The van der Waals surface area contributed by atoms with E-state index in [0.717, 1.165) is 12.0 Å². The van der Waals surface area contributed by atoms with Gasteiger partial charge in [-0.2, -0.15) is 0 Å². The summed E-state index contributed by atoms with van der Waals surface area (Å²) in [6.07, 6.45) is -2.86. The van der Waals surface area contributed by atoms with Gasteiger partial charge >= 0.3 is 11.9 Å². The summed E-state index contributed by atoms with van der Waals surface area (Å²) in [5, 5.41) is 18.2. The number of carboxylic acids is 2. The number of carbonyl (C=O) groups is 2. The number of aliphatic carboxylic acids is 2. The normalized spacial score (nSPS) is 24.2. The fraction of sp³-hybridized carbons (Fsp3) is 0.462. The Balaban J connectivity index is 0.000000611. The molecule has 2 aromatic rings. The van der Waals surface area contributed by atoms with Crippen LogP contribution in [0.2, 0.25) is 0 Å². The van der Waals surface area contributed by atoms with Gasteiger partial charge in [0.05, 0.1) is 17.3 Å². The molecule has 0 saturated heterocycles. The van der Waals surface area contributed by atoms with Crippen LogP contribution >= 0.6 is 0 Å². The van der Waals surface area contributed by atoms with Crippen LogP contribution in [-0.4, -0.2) is 22.2 Å². The van der Waals surface area contributed by atoms with Crippen molar-refractivity contribution in [2.75, 3.05) is 0 Å². The molecule has 0 spiro atoms. The van der Waals surface area contributed by atoms with Crippen molar-refractivity contribution in [3.8, 4) is 0 Å². The van der Waals surface area contributed by atoms with E-state index in [9.17, 15) is 14.7 Å². The second-order valence-electron chi connectivity index (χ2n) is 6.83. The Hall–Kier alpha value is -2.62. The molecule has 0 radical (unpaired) electrons. The lowest BCUT2D eigenvalue weighted by atomic mass is 9.97. The van der Waals surface area contributed by atoms with Crippen LogP contribution in [0, 0.1) is 11.8 Å². The van der Waals surface area contributed by atoms with Gasteiger partial charge in [-0.05, 0) is 60.6 Å². The first-order chi connectivity index (χ1) is 20.8. The first-order valence-corrected chi connectivity index (χ1v) is 9.00. The van der Waals surface area contributed by atoms with Crippen LogP contribution in [0.1, 0.15) is 98.7 Å². The maximum atomic E-state index is 11.6. The van der Waals surface area contributed by atoms with E-state index in [2.05, 4.69) is 13.8 Å². The van der Waals surface area contributed by atoms with Crippen LogP contribution in [0.15, 0.2) is 48.4 Å². The third-order valence-corrected chi connectivity index (χ3v) is 3.83. The predicted molar refractivity (Wildman–Crippen MR) is 122 cm³/mol. The second-order valence-corrected chi connectivity index (χ2v) is 6.83. The summed E-state index contributed by atoms with van der Waals surface area (Å²) in [6.45, 7) is -5.41. The van der Waals surface area contributed by atoms with Crippen molar-refractivity contribution < 1.29 is 43.1 Å². The number of benzene rings is 2. The van der Waals surface area contributed by atoms with Gasteiger partial charge in [0.2, 0.25) is 0 Å². The van der Waals surface area contributed by atoms with E-state index in [1.54, 1.807) is 6.92 Å². The standard InChI is InChI=1S/2C13H18O2/c2*1-9(2)8-11-4-6-12(7-5-11)10(3)13(14)15/h2*4-7,9-10H,8H2,1-3H3,(H,14,15)/i1D3,2D3,3D3,4D,5D,6D,7D,8D2,9D,10D;. The molecule has 0 bridgehead atoms. The fourth-order valence-electron chi connectivity index (χ4n) is 2.29. The van der Waals surface area contributed by atoms with Gasteiger partial charge in [-0.3, -0.25) is 9.59 Å². The Bertz CT molecular complexity index is 1420. The molecule has 0 aliphatic carbocycles. The molecule has 0 aliphatic rings. The number of carboxylic acid groups (broad SMARTS) is 2. The second kappa shape index (κ2) is 12.2. The van der Waals surface area contributed by atoms with Gasteiger partial charge in [0.15, 0.2) is 0 Å². The van der Waals surface area contributed by atoms with E-state index in [1.807, 2.05) is 24.3 Å². The zero-order valence-electron chi connectivity index (χ0n) is 33.9. The molecule has 0 amide bonds. The molecule has 30 heavy (non-hydrogen) atoms. The SMILES string of the molecule is CC(C)Cc1ccc(C(C)C(=O)O)cc1.[2H]c1c([2H])c(C([2H])(C(=O)O)C([2H])([2H])[2H])c([2H])c([2H])c1C([2H])([2H])C([2H])(C([2H])([2H])[2H])C([2H])([2H])[2H]. The topological polar surface area (TPSA) is 74.6 Å². The highest BCUT2D eigenvalue weighted by Crippen LogP contribution is 2.18. The molecule has 0 aliphatic heterocycles. The van der Waals surface area contributed by atoms with Crippen molar-refractivity contribution in [1.82, 2.24) is 0 Å². The Morgan fingerprint density at radius 3 is 1.97 bits per heavy atom. The van der Waals surface area contributed by atoms with Crippen molar-refractivity contribution in [2.24, 2.45) is 11.8 Å². The van der Waals surface area contributed by atoms with Gasteiger partial charge < -0.3 is 10.2 Å². The third kappa shape index (κ3) is 8.81. The number of rotatable bonds is 8. The van der Waals surface area contributed by atoms with Crippen LogP contribution in [0.5, 0.6) is 0 Å². The molecule has 2 rings (SSSR count).